The molecule has 1 aliphatic rings. The van der Waals surface area contributed by atoms with Crippen LogP contribution in [0.4, 0.5) is 0 Å². The molecule has 3 unspecified atom stereocenters. The molecule has 1 saturated carbocycles. The first-order valence-corrected chi connectivity index (χ1v) is 14.5. The first kappa shape index (κ1) is 22.5. The van der Waals surface area contributed by atoms with Crippen LogP contribution in [0, 0.1) is 5.92 Å². The van der Waals surface area contributed by atoms with Gasteiger partial charge in [0, 0.05) is 12.1 Å². The zero-order chi connectivity index (χ0) is 22.2. The van der Waals surface area contributed by atoms with Gasteiger partial charge in [-0.05, 0) is 35.7 Å². The zero-order valence-electron chi connectivity index (χ0n) is 18.4. The van der Waals surface area contributed by atoms with Crippen LogP contribution in [-0.2, 0) is 36.7 Å². The Hall–Kier alpha value is -1.69. The zero-order valence-corrected chi connectivity index (χ0v) is 20.0. The molecule has 31 heavy (non-hydrogen) atoms. The van der Waals surface area contributed by atoms with E-state index in [2.05, 4.69) is 34.6 Å². The highest BCUT2D eigenvalue weighted by Crippen LogP contribution is 2.43. The third-order valence-electron chi connectivity index (χ3n) is 5.85. The van der Waals surface area contributed by atoms with Gasteiger partial charge in [0.25, 0.3) is 10.1 Å². The molecule has 0 spiro atoms. The number of hydrogen-bond donors (Lipinski definition) is 0. The van der Waals surface area contributed by atoms with E-state index in [1.165, 1.54) is 0 Å². The van der Waals surface area contributed by atoms with Gasteiger partial charge in [0.05, 0.1) is 43.2 Å². The van der Waals surface area contributed by atoms with E-state index < -0.39 is 10.1 Å². The predicted octanol–water partition coefficient (Wildman–Crippen LogP) is 2.18. The minimum atomic E-state index is -3.49. The standard InChI is InChI=1S/C20H30N5O4S2/c1-5-14-10-15(29-31(4,26)27)11-16(14)19-23-22-18-12-21-20-17(25(18)19)6-7-24(20)13-28-8-9-30(2)3/h6-7,12,14-16H,5,8-11,13H2,1-4H3/q+1. The lowest BCUT2D eigenvalue weighted by atomic mass is 9.93. The van der Waals surface area contributed by atoms with Gasteiger partial charge in [0.2, 0.25) is 0 Å². The molecule has 4 rings (SSSR count). The summed E-state index contributed by atoms with van der Waals surface area (Å²) in [7, 11) is -3.13. The number of hydrogen-bond acceptors (Lipinski definition) is 7. The average Bonchev–Trinajstić information content (AvgIpc) is 3.39. The second-order valence-electron chi connectivity index (χ2n) is 8.40. The van der Waals surface area contributed by atoms with Gasteiger partial charge in [-0.15, -0.1) is 10.2 Å². The van der Waals surface area contributed by atoms with Crippen molar-refractivity contribution in [1.82, 2.24) is 24.1 Å². The molecule has 11 heteroatoms. The fourth-order valence-corrected chi connectivity index (χ4v) is 5.53. The number of nitrogens with zero attached hydrogens (tertiary/aromatic N) is 5. The molecular weight excluding hydrogens is 438 g/mol. The van der Waals surface area contributed by atoms with Crippen molar-refractivity contribution in [2.45, 2.75) is 44.9 Å². The van der Waals surface area contributed by atoms with Crippen molar-refractivity contribution in [3.63, 3.8) is 0 Å². The molecule has 0 aromatic carbocycles. The number of fused-ring (bicyclic) bond motifs is 3. The van der Waals surface area contributed by atoms with Crippen LogP contribution in [0.15, 0.2) is 18.5 Å². The van der Waals surface area contributed by atoms with Crippen molar-refractivity contribution < 1.29 is 17.3 Å². The van der Waals surface area contributed by atoms with E-state index in [4.69, 9.17) is 8.92 Å². The maximum atomic E-state index is 11.6. The molecule has 0 bridgehead atoms. The van der Waals surface area contributed by atoms with Gasteiger partial charge in [-0.25, -0.2) is 4.98 Å². The van der Waals surface area contributed by atoms with Crippen LogP contribution in [0.1, 0.15) is 37.9 Å². The van der Waals surface area contributed by atoms with Gasteiger partial charge < -0.3 is 9.30 Å². The lowest BCUT2D eigenvalue weighted by Crippen LogP contribution is -2.14. The fraction of sp³-hybridized carbons (Fsp3) is 0.650. The highest BCUT2D eigenvalue weighted by atomic mass is 32.2. The Bertz CT molecular complexity index is 1160. The van der Waals surface area contributed by atoms with Crippen LogP contribution in [0.5, 0.6) is 0 Å². The first-order chi connectivity index (χ1) is 14.8. The average molecular weight is 469 g/mol. The van der Waals surface area contributed by atoms with Gasteiger partial charge in [-0.1, -0.05) is 13.3 Å². The van der Waals surface area contributed by atoms with Crippen molar-refractivity contribution in [2.24, 2.45) is 5.92 Å². The van der Waals surface area contributed by atoms with Gasteiger partial charge in [-0.2, -0.15) is 8.42 Å². The van der Waals surface area contributed by atoms with Crippen LogP contribution in [0.25, 0.3) is 16.8 Å². The highest BCUT2D eigenvalue weighted by molar-refractivity contribution is 7.95. The molecule has 0 amide bonds. The molecule has 3 heterocycles. The molecule has 0 N–H and O–H groups in total. The highest BCUT2D eigenvalue weighted by Gasteiger charge is 2.39. The van der Waals surface area contributed by atoms with Crippen molar-refractivity contribution in [2.75, 3.05) is 31.1 Å². The molecule has 1 fully saturated rings. The topological polar surface area (TPSA) is 101 Å². The van der Waals surface area contributed by atoms with Crippen molar-refractivity contribution in [3.8, 4) is 0 Å². The quantitative estimate of drug-likeness (QED) is 0.269. The summed E-state index contributed by atoms with van der Waals surface area (Å²) >= 11 is 0. The maximum absolute atomic E-state index is 11.6. The van der Waals surface area contributed by atoms with E-state index in [9.17, 15) is 8.42 Å². The van der Waals surface area contributed by atoms with E-state index in [1.807, 2.05) is 21.2 Å². The summed E-state index contributed by atoms with van der Waals surface area (Å²) in [4.78, 5) is 4.58. The molecule has 9 nitrogen and oxygen atoms in total. The van der Waals surface area contributed by atoms with Crippen LogP contribution >= 0.6 is 0 Å². The molecule has 0 aliphatic heterocycles. The largest absolute Gasteiger partial charge is 0.356 e. The summed E-state index contributed by atoms with van der Waals surface area (Å²) in [5.74, 6) is 2.24. The van der Waals surface area contributed by atoms with Crippen molar-refractivity contribution in [3.05, 3.63) is 24.3 Å². The van der Waals surface area contributed by atoms with Gasteiger partial charge >= 0.3 is 0 Å². The van der Waals surface area contributed by atoms with E-state index in [1.54, 1.807) is 6.20 Å². The van der Waals surface area contributed by atoms with E-state index in [-0.39, 0.29) is 17.9 Å². The van der Waals surface area contributed by atoms with Crippen molar-refractivity contribution in [1.29, 1.82) is 0 Å². The molecular formula is C20H30N5O4S2+. The summed E-state index contributed by atoms with van der Waals surface area (Å²) in [5, 5.41) is 8.83. The van der Waals surface area contributed by atoms with Crippen LogP contribution in [-0.4, -0.2) is 69.8 Å². The Morgan fingerprint density at radius 2 is 2.06 bits per heavy atom. The minimum Gasteiger partial charge on any atom is -0.356 e. The van der Waals surface area contributed by atoms with E-state index in [0.717, 1.165) is 42.0 Å². The second kappa shape index (κ2) is 9.05. The smallest absolute Gasteiger partial charge is 0.264 e. The molecule has 170 valence electrons. The summed E-state index contributed by atoms with van der Waals surface area (Å²) in [6.07, 6.45) is 11.1. The Morgan fingerprint density at radius 3 is 2.77 bits per heavy atom. The predicted molar refractivity (Wildman–Crippen MR) is 122 cm³/mol. The third-order valence-corrected chi connectivity index (χ3v) is 7.46. The maximum Gasteiger partial charge on any atom is 0.264 e. The molecule has 0 saturated heterocycles. The minimum absolute atomic E-state index is 0.0731. The Kier molecular flexibility index (Phi) is 6.57. The summed E-state index contributed by atoms with van der Waals surface area (Å²) in [6.45, 7) is 3.28. The molecule has 0 radical (unpaired) electrons. The first-order valence-electron chi connectivity index (χ1n) is 10.5. The van der Waals surface area contributed by atoms with Crippen LogP contribution in [0.3, 0.4) is 0 Å². The molecule has 3 aromatic rings. The summed E-state index contributed by atoms with van der Waals surface area (Å²) in [6, 6.07) is 2.01. The molecule has 3 aromatic heterocycles. The van der Waals surface area contributed by atoms with Gasteiger partial charge in [0.15, 0.2) is 11.3 Å². The van der Waals surface area contributed by atoms with E-state index in [0.29, 0.717) is 36.1 Å². The Morgan fingerprint density at radius 1 is 1.26 bits per heavy atom. The van der Waals surface area contributed by atoms with Crippen LogP contribution < -0.4 is 0 Å². The third kappa shape index (κ3) is 4.89. The van der Waals surface area contributed by atoms with Gasteiger partial charge in [-0.3, -0.25) is 8.58 Å². The Balaban J connectivity index is 1.63. The second-order valence-corrected chi connectivity index (χ2v) is 12.4. The number of ether oxygens (including phenoxy) is 1. The SMILES string of the molecule is CCC1CC(OS(C)(=O)=O)CC1c1nnc2cnc3c(ccn3COCC[S+](C)C)n12. The normalized spacial score (nSPS) is 22.3. The molecule has 3 atom stereocenters. The molecule has 1 aliphatic carbocycles. The Labute approximate surface area is 185 Å². The lowest BCUT2D eigenvalue weighted by molar-refractivity contribution is 0.0924. The number of rotatable bonds is 9. The summed E-state index contributed by atoms with van der Waals surface area (Å²) in [5.41, 5.74) is 2.43. The number of aromatic nitrogens is 5. The monoisotopic (exact) mass is 468 g/mol. The van der Waals surface area contributed by atoms with E-state index >= 15 is 0 Å². The van der Waals surface area contributed by atoms with Gasteiger partial charge in [0.1, 0.15) is 18.3 Å². The van der Waals surface area contributed by atoms with Crippen molar-refractivity contribution >= 4 is 37.8 Å². The summed E-state index contributed by atoms with van der Waals surface area (Å²) < 4.78 is 38.4. The van der Waals surface area contributed by atoms with Crippen LogP contribution in [0.2, 0.25) is 0 Å². The fourth-order valence-electron chi connectivity index (χ4n) is 4.43. The lowest BCUT2D eigenvalue weighted by Gasteiger charge is -2.16.